The highest BCUT2D eigenvalue weighted by molar-refractivity contribution is 6.06. The first kappa shape index (κ1) is 19.8. The highest BCUT2D eigenvalue weighted by Gasteiger charge is 2.32. The summed E-state index contributed by atoms with van der Waals surface area (Å²) in [5.41, 5.74) is 5.04. The Bertz CT molecular complexity index is 1320. The molecule has 33 heavy (non-hydrogen) atoms. The van der Waals surface area contributed by atoms with Crippen LogP contribution in [0.4, 0.5) is 5.69 Å². The van der Waals surface area contributed by atoms with E-state index in [1.54, 1.807) is 4.90 Å². The number of likely N-dealkylation sites (tertiary alicyclic amines) is 1. The number of aromatic amines is 1. The van der Waals surface area contributed by atoms with Crippen molar-refractivity contribution in [3.05, 3.63) is 89.5 Å². The van der Waals surface area contributed by atoms with Crippen LogP contribution in [0.1, 0.15) is 57.4 Å². The van der Waals surface area contributed by atoms with E-state index in [0.717, 1.165) is 42.6 Å². The number of nitrogens with zero attached hydrogens (tertiary/aromatic N) is 4. The summed E-state index contributed by atoms with van der Waals surface area (Å²) in [6.07, 6.45) is 7.55. The predicted octanol–water partition coefficient (Wildman–Crippen LogP) is 4.23. The number of carbonyl (C=O) groups excluding carboxylic acids is 2. The molecule has 1 N–H and O–H groups in total. The number of carbonyl (C=O) groups is 2. The number of benzene rings is 1. The van der Waals surface area contributed by atoms with Crippen molar-refractivity contribution in [2.45, 2.75) is 31.7 Å². The minimum Gasteiger partial charge on any atom is -0.330 e. The number of rotatable bonds is 3. The van der Waals surface area contributed by atoms with E-state index in [1.165, 1.54) is 5.56 Å². The second-order valence-corrected chi connectivity index (χ2v) is 8.82. The second-order valence-electron chi connectivity index (χ2n) is 8.82. The van der Waals surface area contributed by atoms with Crippen LogP contribution in [0.25, 0.3) is 5.52 Å². The smallest absolute Gasteiger partial charge is 0.278 e. The summed E-state index contributed by atoms with van der Waals surface area (Å²) in [4.78, 5) is 30.4. The van der Waals surface area contributed by atoms with Gasteiger partial charge in [0, 0.05) is 36.7 Å². The number of piperidine rings is 1. The molecular weight excluding hydrogens is 414 g/mol. The van der Waals surface area contributed by atoms with Crippen molar-refractivity contribution < 1.29 is 9.59 Å². The highest BCUT2D eigenvalue weighted by atomic mass is 16.2. The lowest BCUT2D eigenvalue weighted by Gasteiger charge is -2.35. The van der Waals surface area contributed by atoms with E-state index in [2.05, 4.69) is 16.3 Å². The number of nitrogens with one attached hydrogen (secondary N) is 1. The molecule has 7 nitrogen and oxygen atoms in total. The topological polar surface area (TPSA) is 73.7 Å². The van der Waals surface area contributed by atoms with Crippen molar-refractivity contribution in [3.63, 3.8) is 0 Å². The average molecular weight is 440 g/mol. The second kappa shape index (κ2) is 7.92. The van der Waals surface area contributed by atoms with Gasteiger partial charge in [0.25, 0.3) is 11.8 Å². The van der Waals surface area contributed by atoms with Crippen LogP contribution in [0.15, 0.2) is 67.0 Å². The van der Waals surface area contributed by atoms with Crippen LogP contribution in [0.5, 0.6) is 0 Å². The summed E-state index contributed by atoms with van der Waals surface area (Å²) in [5, 5.41) is 7.42. The van der Waals surface area contributed by atoms with Crippen molar-refractivity contribution in [1.82, 2.24) is 19.5 Å². The number of pyridine rings is 1. The van der Waals surface area contributed by atoms with Gasteiger partial charge in [-0.05, 0) is 61.6 Å². The molecule has 0 spiro atoms. The predicted molar refractivity (Wildman–Crippen MR) is 125 cm³/mol. The Balaban J connectivity index is 1.26. The van der Waals surface area contributed by atoms with Gasteiger partial charge in [0.1, 0.15) is 0 Å². The first-order valence-corrected chi connectivity index (χ1v) is 11.5. The molecule has 5 heterocycles. The molecule has 0 bridgehead atoms. The molecule has 1 aromatic carbocycles. The maximum Gasteiger partial charge on any atom is 0.278 e. The standard InChI is InChI=1S/C26H25N5O2/c32-25(19-15-20-8-3-5-12-29(20)17-19)30-13-6-4-10-24(30)21-16-22(28-27-21)26(33)31-14-11-18-7-1-2-9-23(18)31/h1-3,5,7-9,12,15-17,24H,4,6,10-11,13-14H2,(H,27,28). The number of hydrogen-bond acceptors (Lipinski definition) is 3. The Morgan fingerprint density at radius 1 is 0.970 bits per heavy atom. The molecule has 166 valence electrons. The third kappa shape index (κ3) is 3.40. The average Bonchev–Trinajstić information content (AvgIpc) is 3.61. The molecule has 0 saturated carbocycles. The summed E-state index contributed by atoms with van der Waals surface area (Å²) in [5.74, 6) is -0.0887. The number of H-pyrrole nitrogens is 1. The number of fused-ring (bicyclic) bond motifs is 2. The number of amides is 2. The van der Waals surface area contributed by atoms with Crippen molar-refractivity contribution in [2.75, 3.05) is 18.0 Å². The minimum atomic E-state index is -0.117. The van der Waals surface area contributed by atoms with E-state index in [0.29, 0.717) is 24.3 Å². The minimum absolute atomic E-state index is 0.0133. The van der Waals surface area contributed by atoms with Crippen molar-refractivity contribution in [2.24, 2.45) is 0 Å². The zero-order valence-corrected chi connectivity index (χ0v) is 18.3. The Morgan fingerprint density at radius 2 is 1.85 bits per heavy atom. The van der Waals surface area contributed by atoms with Gasteiger partial charge in [-0.1, -0.05) is 24.3 Å². The van der Waals surface area contributed by atoms with Crippen LogP contribution in [0.2, 0.25) is 0 Å². The van der Waals surface area contributed by atoms with Gasteiger partial charge < -0.3 is 14.2 Å². The fraction of sp³-hybridized carbons (Fsp3) is 0.269. The molecule has 4 aromatic rings. The zero-order chi connectivity index (χ0) is 22.4. The molecule has 1 saturated heterocycles. The molecule has 6 rings (SSSR count). The van der Waals surface area contributed by atoms with E-state index in [1.807, 2.05) is 70.2 Å². The third-order valence-electron chi connectivity index (χ3n) is 6.82. The Morgan fingerprint density at radius 3 is 2.76 bits per heavy atom. The van der Waals surface area contributed by atoms with Gasteiger partial charge >= 0.3 is 0 Å². The normalized spacial score (nSPS) is 18.0. The van der Waals surface area contributed by atoms with Gasteiger partial charge in [0.15, 0.2) is 5.69 Å². The fourth-order valence-corrected chi connectivity index (χ4v) is 5.14. The Labute approximate surface area is 191 Å². The van der Waals surface area contributed by atoms with Crippen LogP contribution in [0.3, 0.4) is 0 Å². The van der Waals surface area contributed by atoms with Crippen LogP contribution < -0.4 is 4.90 Å². The van der Waals surface area contributed by atoms with Crippen LogP contribution in [-0.2, 0) is 6.42 Å². The van der Waals surface area contributed by atoms with Crippen LogP contribution >= 0.6 is 0 Å². The lowest BCUT2D eigenvalue weighted by atomic mass is 9.98. The molecule has 1 unspecified atom stereocenters. The lowest BCUT2D eigenvalue weighted by Crippen LogP contribution is -2.38. The highest BCUT2D eigenvalue weighted by Crippen LogP contribution is 2.33. The van der Waals surface area contributed by atoms with Crippen LogP contribution in [0, 0.1) is 0 Å². The molecule has 2 aliphatic heterocycles. The summed E-state index contributed by atoms with van der Waals surface area (Å²) >= 11 is 0. The summed E-state index contributed by atoms with van der Waals surface area (Å²) in [6.45, 7) is 1.36. The lowest BCUT2D eigenvalue weighted by molar-refractivity contribution is 0.0606. The maximum atomic E-state index is 13.4. The summed E-state index contributed by atoms with van der Waals surface area (Å²) in [7, 11) is 0. The van der Waals surface area contributed by atoms with Crippen LogP contribution in [-0.4, -0.2) is 44.4 Å². The van der Waals surface area contributed by atoms with Gasteiger partial charge in [-0.25, -0.2) is 0 Å². The van der Waals surface area contributed by atoms with Crippen molar-refractivity contribution >= 4 is 23.0 Å². The van der Waals surface area contributed by atoms with Gasteiger partial charge in [-0.2, -0.15) is 5.10 Å². The molecular formula is C26H25N5O2. The first-order valence-electron chi connectivity index (χ1n) is 11.5. The summed E-state index contributed by atoms with van der Waals surface area (Å²) < 4.78 is 1.97. The van der Waals surface area contributed by atoms with Crippen molar-refractivity contribution in [1.29, 1.82) is 0 Å². The SMILES string of the molecule is O=C(c1cc(C2CCCCN2C(=O)c2cc3ccccn3c2)[nH]n1)N1CCc2ccccc21. The summed E-state index contributed by atoms with van der Waals surface area (Å²) in [6, 6.07) is 17.6. The third-order valence-corrected chi connectivity index (χ3v) is 6.82. The molecule has 7 heteroatoms. The van der Waals surface area contributed by atoms with Gasteiger partial charge in [0.05, 0.1) is 17.3 Å². The monoisotopic (exact) mass is 439 g/mol. The molecule has 1 fully saturated rings. The molecule has 2 aliphatic rings. The number of anilines is 1. The quantitative estimate of drug-likeness (QED) is 0.519. The largest absolute Gasteiger partial charge is 0.330 e. The molecule has 0 aliphatic carbocycles. The number of para-hydroxylation sites is 1. The van der Waals surface area contributed by atoms with E-state index in [9.17, 15) is 9.59 Å². The van der Waals surface area contributed by atoms with E-state index < -0.39 is 0 Å². The molecule has 2 amide bonds. The van der Waals surface area contributed by atoms with Gasteiger partial charge in [-0.15, -0.1) is 0 Å². The molecule has 1 atom stereocenters. The van der Waals surface area contributed by atoms with E-state index >= 15 is 0 Å². The molecule has 0 radical (unpaired) electrons. The molecule has 3 aromatic heterocycles. The number of hydrogen-bond donors (Lipinski definition) is 1. The van der Waals surface area contributed by atoms with E-state index in [4.69, 9.17) is 0 Å². The Kier molecular flexibility index (Phi) is 4.75. The Hall–Kier alpha value is -3.87. The van der Waals surface area contributed by atoms with Crippen molar-refractivity contribution in [3.8, 4) is 0 Å². The van der Waals surface area contributed by atoms with Gasteiger partial charge in [-0.3, -0.25) is 14.7 Å². The van der Waals surface area contributed by atoms with E-state index in [-0.39, 0.29) is 17.9 Å². The first-order chi connectivity index (χ1) is 16.2. The van der Waals surface area contributed by atoms with Gasteiger partial charge in [0.2, 0.25) is 0 Å². The number of aromatic nitrogens is 3. The fourth-order valence-electron chi connectivity index (χ4n) is 5.14. The zero-order valence-electron chi connectivity index (χ0n) is 18.3. The maximum absolute atomic E-state index is 13.4.